The van der Waals surface area contributed by atoms with Crippen molar-refractivity contribution in [1.29, 1.82) is 0 Å². The molecule has 0 atom stereocenters. The van der Waals surface area contributed by atoms with Crippen LogP contribution in [0.2, 0.25) is 0 Å². The first-order valence-corrected chi connectivity index (χ1v) is 6.85. The van der Waals surface area contributed by atoms with Crippen LogP contribution in [0.4, 0.5) is 5.69 Å². The van der Waals surface area contributed by atoms with Crippen molar-refractivity contribution in [3.63, 3.8) is 0 Å². The standard InChI is InChI=1S/C14H22N4O2/c1-17-6-8-18(9-7-17)16-14(19)5-10-20-13-4-2-3-12(15)11-13/h2-4,11H,5-10,15H2,1H3,(H,16,19). The third-order valence-electron chi connectivity index (χ3n) is 3.24. The molecular weight excluding hydrogens is 256 g/mol. The van der Waals surface area contributed by atoms with E-state index in [0.29, 0.717) is 24.5 Å². The van der Waals surface area contributed by atoms with Crippen LogP contribution in [0.1, 0.15) is 6.42 Å². The van der Waals surface area contributed by atoms with E-state index < -0.39 is 0 Å². The van der Waals surface area contributed by atoms with E-state index in [2.05, 4.69) is 17.4 Å². The fourth-order valence-corrected chi connectivity index (χ4v) is 2.02. The lowest BCUT2D eigenvalue weighted by molar-refractivity contribution is -0.127. The summed E-state index contributed by atoms with van der Waals surface area (Å²) in [4.78, 5) is 14.0. The number of amides is 1. The molecule has 110 valence electrons. The van der Waals surface area contributed by atoms with Crippen molar-refractivity contribution < 1.29 is 9.53 Å². The molecule has 20 heavy (non-hydrogen) atoms. The van der Waals surface area contributed by atoms with Gasteiger partial charge in [0.1, 0.15) is 5.75 Å². The Balaban J connectivity index is 1.65. The number of likely N-dealkylation sites (N-methyl/N-ethyl adjacent to an activating group) is 1. The number of nitrogens with two attached hydrogens (primary N) is 1. The fraction of sp³-hybridized carbons (Fsp3) is 0.500. The summed E-state index contributed by atoms with van der Waals surface area (Å²) >= 11 is 0. The van der Waals surface area contributed by atoms with Crippen molar-refractivity contribution in [1.82, 2.24) is 15.3 Å². The summed E-state index contributed by atoms with van der Waals surface area (Å²) in [7, 11) is 2.08. The summed E-state index contributed by atoms with van der Waals surface area (Å²) < 4.78 is 5.50. The minimum atomic E-state index is -0.0153. The fourth-order valence-electron chi connectivity index (χ4n) is 2.02. The molecule has 2 rings (SSSR count). The molecule has 0 unspecified atom stereocenters. The Labute approximate surface area is 119 Å². The third kappa shape index (κ3) is 4.71. The molecule has 1 heterocycles. The number of nitrogen functional groups attached to an aromatic ring is 1. The van der Waals surface area contributed by atoms with Crippen molar-refractivity contribution >= 4 is 11.6 Å². The summed E-state index contributed by atoms with van der Waals surface area (Å²) in [6.07, 6.45) is 0.334. The van der Waals surface area contributed by atoms with Gasteiger partial charge in [0.25, 0.3) is 0 Å². The molecule has 0 bridgehead atoms. The topological polar surface area (TPSA) is 70.8 Å². The van der Waals surface area contributed by atoms with Crippen LogP contribution in [-0.2, 0) is 4.79 Å². The van der Waals surface area contributed by atoms with E-state index in [4.69, 9.17) is 10.5 Å². The summed E-state index contributed by atoms with van der Waals surface area (Å²) in [5.41, 5.74) is 9.21. The lowest BCUT2D eigenvalue weighted by Gasteiger charge is -2.32. The van der Waals surface area contributed by atoms with Crippen molar-refractivity contribution in [2.75, 3.05) is 45.6 Å². The van der Waals surface area contributed by atoms with Gasteiger partial charge in [0.15, 0.2) is 0 Å². The first-order chi connectivity index (χ1) is 9.63. The highest BCUT2D eigenvalue weighted by molar-refractivity contribution is 5.75. The number of hydrogen-bond acceptors (Lipinski definition) is 5. The number of carbonyl (C=O) groups excluding carboxylic acids is 1. The third-order valence-corrected chi connectivity index (χ3v) is 3.24. The first kappa shape index (κ1) is 14.6. The molecule has 0 radical (unpaired) electrons. The molecule has 1 aliphatic rings. The van der Waals surface area contributed by atoms with Gasteiger partial charge in [-0.05, 0) is 19.2 Å². The molecule has 0 aliphatic carbocycles. The Morgan fingerprint density at radius 2 is 2.10 bits per heavy atom. The first-order valence-electron chi connectivity index (χ1n) is 6.85. The number of hydrogen-bond donors (Lipinski definition) is 2. The molecule has 0 spiro atoms. The molecule has 6 nitrogen and oxygen atoms in total. The second-order valence-corrected chi connectivity index (χ2v) is 5.00. The molecular formula is C14H22N4O2. The SMILES string of the molecule is CN1CCN(NC(=O)CCOc2cccc(N)c2)CC1. The van der Waals surface area contributed by atoms with Crippen LogP contribution < -0.4 is 15.9 Å². The molecule has 1 aromatic rings. The molecule has 3 N–H and O–H groups in total. The lowest BCUT2D eigenvalue weighted by atomic mass is 10.3. The number of anilines is 1. The highest BCUT2D eigenvalue weighted by Gasteiger charge is 2.15. The Kier molecular flexibility index (Phi) is 5.20. The van der Waals surface area contributed by atoms with Gasteiger partial charge in [0.2, 0.25) is 5.91 Å². The van der Waals surface area contributed by atoms with E-state index in [1.165, 1.54) is 0 Å². The molecule has 1 aromatic carbocycles. The smallest absolute Gasteiger partial charge is 0.237 e. The number of carbonyl (C=O) groups is 1. The van der Waals surface area contributed by atoms with Gasteiger partial charge in [-0.15, -0.1) is 0 Å². The Morgan fingerprint density at radius 3 is 2.80 bits per heavy atom. The zero-order valence-electron chi connectivity index (χ0n) is 11.8. The molecule has 1 aliphatic heterocycles. The van der Waals surface area contributed by atoms with Gasteiger partial charge in [0, 0.05) is 37.9 Å². The van der Waals surface area contributed by atoms with Gasteiger partial charge in [-0.3, -0.25) is 10.2 Å². The summed E-state index contributed by atoms with van der Waals surface area (Å²) in [6, 6.07) is 7.20. The van der Waals surface area contributed by atoms with Crippen molar-refractivity contribution in [3.05, 3.63) is 24.3 Å². The van der Waals surface area contributed by atoms with Crippen molar-refractivity contribution in [3.8, 4) is 5.75 Å². The molecule has 0 aromatic heterocycles. The monoisotopic (exact) mass is 278 g/mol. The van der Waals surface area contributed by atoms with Gasteiger partial charge < -0.3 is 15.4 Å². The van der Waals surface area contributed by atoms with Gasteiger partial charge in [-0.2, -0.15) is 0 Å². The second kappa shape index (κ2) is 7.12. The quantitative estimate of drug-likeness (QED) is 0.759. The van der Waals surface area contributed by atoms with E-state index in [1.54, 1.807) is 12.1 Å². The summed E-state index contributed by atoms with van der Waals surface area (Å²) in [6.45, 7) is 4.01. The molecule has 1 saturated heterocycles. The number of nitrogens with one attached hydrogen (secondary N) is 1. The van der Waals surface area contributed by atoms with Gasteiger partial charge in [0.05, 0.1) is 13.0 Å². The van der Waals surface area contributed by atoms with E-state index in [0.717, 1.165) is 26.2 Å². The predicted molar refractivity (Wildman–Crippen MR) is 78.2 cm³/mol. The summed E-state index contributed by atoms with van der Waals surface area (Å²) in [5.74, 6) is 0.677. The largest absolute Gasteiger partial charge is 0.493 e. The molecule has 6 heteroatoms. The van der Waals surface area contributed by atoms with Crippen LogP contribution in [0.3, 0.4) is 0 Å². The average Bonchev–Trinajstić information content (AvgIpc) is 2.41. The second-order valence-electron chi connectivity index (χ2n) is 5.00. The predicted octanol–water partition coefficient (Wildman–Crippen LogP) is 0.316. The average molecular weight is 278 g/mol. The van der Waals surface area contributed by atoms with Crippen LogP contribution in [0.5, 0.6) is 5.75 Å². The maximum absolute atomic E-state index is 11.8. The zero-order valence-corrected chi connectivity index (χ0v) is 11.8. The minimum absolute atomic E-state index is 0.0153. The Bertz CT molecular complexity index is 445. The van der Waals surface area contributed by atoms with E-state index in [-0.39, 0.29) is 5.91 Å². The maximum Gasteiger partial charge on any atom is 0.237 e. The highest BCUT2D eigenvalue weighted by Crippen LogP contribution is 2.14. The Morgan fingerprint density at radius 1 is 1.35 bits per heavy atom. The van der Waals surface area contributed by atoms with Crippen molar-refractivity contribution in [2.45, 2.75) is 6.42 Å². The Hall–Kier alpha value is -1.79. The van der Waals surface area contributed by atoms with Crippen molar-refractivity contribution in [2.24, 2.45) is 0 Å². The van der Waals surface area contributed by atoms with Crippen LogP contribution in [0.15, 0.2) is 24.3 Å². The number of hydrazine groups is 1. The number of nitrogens with zero attached hydrogens (tertiary/aromatic N) is 2. The lowest BCUT2D eigenvalue weighted by Crippen LogP contribution is -2.52. The normalized spacial score (nSPS) is 16.9. The van der Waals surface area contributed by atoms with Gasteiger partial charge in [-0.25, -0.2) is 5.01 Å². The number of benzene rings is 1. The van der Waals surface area contributed by atoms with Gasteiger partial charge >= 0.3 is 0 Å². The minimum Gasteiger partial charge on any atom is -0.493 e. The number of piperazine rings is 1. The van der Waals surface area contributed by atoms with Gasteiger partial charge in [-0.1, -0.05) is 6.07 Å². The maximum atomic E-state index is 11.8. The van der Waals surface area contributed by atoms with Crippen LogP contribution >= 0.6 is 0 Å². The van der Waals surface area contributed by atoms with Crippen LogP contribution in [0, 0.1) is 0 Å². The molecule has 1 fully saturated rings. The molecule has 0 saturated carbocycles. The van der Waals surface area contributed by atoms with E-state index in [1.807, 2.05) is 17.1 Å². The summed E-state index contributed by atoms with van der Waals surface area (Å²) in [5, 5.41) is 1.96. The zero-order chi connectivity index (χ0) is 14.4. The van der Waals surface area contributed by atoms with E-state index in [9.17, 15) is 4.79 Å². The van der Waals surface area contributed by atoms with Crippen LogP contribution in [-0.4, -0.2) is 55.6 Å². The number of rotatable bonds is 5. The number of ether oxygens (including phenoxy) is 1. The van der Waals surface area contributed by atoms with E-state index >= 15 is 0 Å². The highest BCUT2D eigenvalue weighted by atomic mass is 16.5. The molecule has 1 amide bonds. The van der Waals surface area contributed by atoms with Crippen LogP contribution in [0.25, 0.3) is 0 Å².